The number of thiazole rings is 1. The van der Waals surface area contributed by atoms with Crippen molar-refractivity contribution in [2.75, 3.05) is 28.3 Å². The van der Waals surface area contributed by atoms with E-state index in [1.165, 1.54) is 30.4 Å². The molecule has 12 heteroatoms. The number of benzene rings is 2. The molecule has 2 aromatic carbocycles. The Hall–Kier alpha value is -4.45. The number of imidazole rings is 1. The molecule has 2 aliphatic heterocycles. The first kappa shape index (κ1) is 23.0. The molecule has 1 saturated heterocycles. The van der Waals surface area contributed by atoms with Crippen molar-refractivity contribution in [3.05, 3.63) is 62.9 Å². The molecule has 2 atom stereocenters. The molecule has 2 aliphatic rings. The lowest BCUT2D eigenvalue weighted by Gasteiger charge is -2.38. The van der Waals surface area contributed by atoms with Crippen molar-refractivity contribution in [3.8, 4) is 11.5 Å². The fraction of sp³-hybridized carbons (Fsp3) is 0.240. The van der Waals surface area contributed by atoms with E-state index in [1.807, 2.05) is 24.3 Å². The first-order valence-corrected chi connectivity index (χ1v) is 12.2. The van der Waals surface area contributed by atoms with Crippen molar-refractivity contribution in [1.82, 2.24) is 24.1 Å². The van der Waals surface area contributed by atoms with Crippen molar-refractivity contribution in [2.45, 2.75) is 12.2 Å². The second-order valence-electron chi connectivity index (χ2n) is 8.82. The third kappa shape index (κ3) is 3.44. The normalized spacial score (nSPS) is 20.3. The lowest BCUT2D eigenvalue weighted by atomic mass is 10.1. The summed E-state index contributed by atoms with van der Waals surface area (Å²) in [4.78, 5) is 51.9. The first-order chi connectivity index (χ1) is 17.8. The van der Waals surface area contributed by atoms with Gasteiger partial charge in [0.25, 0.3) is 17.5 Å². The zero-order valence-corrected chi connectivity index (χ0v) is 21.2. The van der Waals surface area contributed by atoms with Crippen LogP contribution in [0.15, 0.2) is 52.3 Å². The molecule has 3 amide bonds. The number of aromatic nitrogens is 2. The molecule has 0 radical (unpaired) electrons. The SMILES string of the molecule is COc1cc(/C=c2/sc3nc4ccccc4n3c2=O)ccc1OC1=N[C@H]2[C@H](C(=O)N(C)C(=O)N2C)N1C. The fourth-order valence-electron chi connectivity index (χ4n) is 4.65. The summed E-state index contributed by atoms with van der Waals surface area (Å²) in [5.74, 6) is 0.457. The van der Waals surface area contributed by atoms with Gasteiger partial charge in [-0.15, -0.1) is 0 Å². The average Bonchev–Trinajstić information content (AvgIpc) is 3.52. The van der Waals surface area contributed by atoms with E-state index in [0.717, 1.165) is 21.5 Å². The van der Waals surface area contributed by atoms with Crippen molar-refractivity contribution < 1.29 is 19.1 Å². The van der Waals surface area contributed by atoms with Gasteiger partial charge in [0.2, 0.25) is 0 Å². The zero-order valence-electron chi connectivity index (χ0n) is 20.4. The minimum Gasteiger partial charge on any atom is -0.493 e. The predicted octanol–water partition coefficient (Wildman–Crippen LogP) is 1.36. The van der Waals surface area contributed by atoms with Gasteiger partial charge in [0, 0.05) is 21.1 Å². The van der Waals surface area contributed by atoms with E-state index in [-0.39, 0.29) is 17.5 Å². The summed E-state index contributed by atoms with van der Waals surface area (Å²) in [7, 11) is 6.26. The Labute approximate surface area is 214 Å². The lowest BCUT2D eigenvalue weighted by molar-refractivity contribution is -0.135. The number of aliphatic imine (C=N–C) groups is 1. The minimum atomic E-state index is -0.681. The number of carbonyl (C=O) groups excluding carboxylic acids is 2. The minimum absolute atomic E-state index is 0.133. The quantitative estimate of drug-likeness (QED) is 0.403. The molecular formula is C25H22N6O5S. The van der Waals surface area contributed by atoms with Crippen LogP contribution < -0.4 is 19.6 Å². The number of rotatable bonds is 3. The molecular weight excluding hydrogens is 496 g/mol. The van der Waals surface area contributed by atoms with Crippen LogP contribution in [0.3, 0.4) is 0 Å². The van der Waals surface area contributed by atoms with Crippen LogP contribution in [0.25, 0.3) is 22.1 Å². The van der Waals surface area contributed by atoms with Gasteiger partial charge in [-0.2, -0.15) is 0 Å². The van der Waals surface area contributed by atoms with E-state index in [9.17, 15) is 14.4 Å². The second kappa shape index (κ2) is 8.30. The van der Waals surface area contributed by atoms with Crippen LogP contribution in [0.5, 0.6) is 11.5 Å². The highest BCUT2D eigenvalue weighted by molar-refractivity contribution is 7.15. The van der Waals surface area contributed by atoms with Crippen molar-refractivity contribution in [2.24, 2.45) is 4.99 Å². The summed E-state index contributed by atoms with van der Waals surface area (Å²) in [6.45, 7) is 0. The zero-order chi connectivity index (χ0) is 26.0. The highest BCUT2D eigenvalue weighted by Crippen LogP contribution is 2.32. The van der Waals surface area contributed by atoms with E-state index in [1.54, 1.807) is 47.7 Å². The summed E-state index contributed by atoms with van der Waals surface area (Å²) < 4.78 is 13.7. The van der Waals surface area contributed by atoms with Gasteiger partial charge in [0.05, 0.1) is 22.7 Å². The molecule has 6 rings (SSSR count). The molecule has 0 aliphatic carbocycles. The van der Waals surface area contributed by atoms with E-state index in [0.29, 0.717) is 21.0 Å². The molecule has 4 aromatic rings. The fourth-order valence-corrected chi connectivity index (χ4v) is 5.63. The monoisotopic (exact) mass is 518 g/mol. The number of hydrogen-bond acceptors (Lipinski definition) is 9. The van der Waals surface area contributed by atoms with E-state index in [2.05, 4.69) is 9.98 Å². The Morgan fingerprint density at radius 2 is 1.78 bits per heavy atom. The Bertz CT molecular complexity index is 1740. The topological polar surface area (TPSA) is 109 Å². The van der Waals surface area contributed by atoms with Crippen molar-refractivity contribution in [1.29, 1.82) is 0 Å². The number of fused-ring (bicyclic) bond motifs is 4. The molecule has 0 saturated carbocycles. The van der Waals surface area contributed by atoms with E-state index in [4.69, 9.17) is 9.47 Å². The molecule has 0 N–H and O–H groups in total. The maximum Gasteiger partial charge on any atom is 0.328 e. The molecule has 1 fully saturated rings. The van der Waals surface area contributed by atoms with E-state index < -0.39 is 18.2 Å². The average molecular weight is 519 g/mol. The third-order valence-corrected chi connectivity index (χ3v) is 7.61. The number of methoxy groups -OCH3 is 1. The highest BCUT2D eigenvalue weighted by Gasteiger charge is 2.50. The maximum atomic E-state index is 13.1. The molecule has 0 unspecified atom stereocenters. The Kier molecular flexibility index (Phi) is 5.16. The second-order valence-corrected chi connectivity index (χ2v) is 9.83. The number of hydrogen-bond donors (Lipinski definition) is 0. The predicted molar refractivity (Wildman–Crippen MR) is 138 cm³/mol. The van der Waals surface area contributed by atoms with Gasteiger partial charge < -0.3 is 19.3 Å². The molecule has 2 aromatic heterocycles. The van der Waals surface area contributed by atoms with Gasteiger partial charge in [-0.1, -0.05) is 29.5 Å². The van der Waals surface area contributed by atoms with Crippen LogP contribution in [0.2, 0.25) is 0 Å². The number of imide groups is 1. The van der Waals surface area contributed by atoms with Crippen molar-refractivity contribution >= 4 is 51.4 Å². The van der Waals surface area contributed by atoms with Gasteiger partial charge in [0.15, 0.2) is 28.7 Å². The lowest BCUT2D eigenvalue weighted by Crippen LogP contribution is -2.63. The number of carbonyl (C=O) groups is 2. The number of urea groups is 1. The number of ether oxygens (including phenoxy) is 2. The standard InChI is InChI=1S/C25H22N6O5S/c1-28-19-20(29(2)25(34)30(3)22(19)33)27-23(28)36-16-10-9-13(11-17(16)35-4)12-18-21(32)31-15-8-6-5-7-14(15)26-24(31)37-18/h5-12,19-20H,1-4H3/b18-12+/t19-,20-/m1/s1. The van der Waals surface area contributed by atoms with Crippen molar-refractivity contribution in [3.63, 3.8) is 0 Å². The van der Waals surface area contributed by atoms with Gasteiger partial charge in [-0.25, -0.2) is 19.2 Å². The number of para-hydroxylation sites is 2. The van der Waals surface area contributed by atoms with Crippen LogP contribution in [0.4, 0.5) is 4.79 Å². The van der Waals surface area contributed by atoms with Crippen LogP contribution in [0.1, 0.15) is 5.56 Å². The molecule has 0 bridgehead atoms. The van der Waals surface area contributed by atoms with Crippen LogP contribution in [-0.4, -0.2) is 82.5 Å². The summed E-state index contributed by atoms with van der Waals surface area (Å²) in [5, 5.41) is 0. The van der Waals surface area contributed by atoms with Gasteiger partial charge in [-0.3, -0.25) is 14.5 Å². The molecule has 11 nitrogen and oxygen atoms in total. The summed E-state index contributed by atoms with van der Waals surface area (Å²) in [5.41, 5.74) is 2.17. The Morgan fingerprint density at radius 3 is 2.57 bits per heavy atom. The smallest absolute Gasteiger partial charge is 0.328 e. The summed E-state index contributed by atoms with van der Waals surface area (Å²) >= 11 is 1.32. The largest absolute Gasteiger partial charge is 0.493 e. The number of amides is 3. The van der Waals surface area contributed by atoms with Gasteiger partial charge in [-0.05, 0) is 35.9 Å². The number of likely N-dealkylation sites (N-methyl/N-ethyl adjacent to an activating group) is 3. The number of nitrogens with zero attached hydrogens (tertiary/aromatic N) is 6. The van der Waals surface area contributed by atoms with E-state index >= 15 is 0 Å². The molecule has 4 heterocycles. The summed E-state index contributed by atoms with van der Waals surface area (Å²) in [6, 6.07) is 11.9. The molecule has 37 heavy (non-hydrogen) atoms. The Morgan fingerprint density at radius 1 is 1.00 bits per heavy atom. The van der Waals surface area contributed by atoms with Crippen LogP contribution in [-0.2, 0) is 4.79 Å². The highest BCUT2D eigenvalue weighted by atomic mass is 32.1. The first-order valence-electron chi connectivity index (χ1n) is 11.4. The molecule has 188 valence electrons. The number of amidine groups is 1. The molecule has 0 spiro atoms. The van der Waals surface area contributed by atoms with Crippen LogP contribution in [0, 0.1) is 0 Å². The van der Waals surface area contributed by atoms with Gasteiger partial charge >= 0.3 is 6.03 Å². The Balaban J connectivity index is 1.32. The summed E-state index contributed by atoms with van der Waals surface area (Å²) in [6.07, 6.45) is 1.10. The van der Waals surface area contributed by atoms with Crippen LogP contribution >= 0.6 is 11.3 Å². The maximum absolute atomic E-state index is 13.1. The third-order valence-electron chi connectivity index (χ3n) is 6.64. The van der Waals surface area contributed by atoms with Gasteiger partial charge in [0.1, 0.15) is 0 Å².